The molecule has 4 N–H and O–H groups in total. The van der Waals surface area contributed by atoms with E-state index in [1.807, 2.05) is 0 Å². The fourth-order valence-corrected chi connectivity index (χ4v) is 1.77. The Hall–Kier alpha value is -3.03. The molecular formula is C13H15N5O3. The van der Waals surface area contributed by atoms with Crippen LogP contribution < -0.4 is 15.8 Å². The third kappa shape index (κ3) is 2.94. The van der Waals surface area contributed by atoms with Crippen LogP contribution in [0.4, 0.5) is 5.82 Å². The van der Waals surface area contributed by atoms with Gasteiger partial charge in [-0.3, -0.25) is 9.48 Å². The lowest BCUT2D eigenvalue weighted by molar-refractivity contribution is 0.102. The molecular weight excluding hydrogens is 274 g/mol. The van der Waals surface area contributed by atoms with Crippen LogP contribution in [0.3, 0.4) is 0 Å². The first-order chi connectivity index (χ1) is 10.1. The second kappa shape index (κ2) is 5.95. The van der Waals surface area contributed by atoms with E-state index in [4.69, 9.17) is 15.7 Å². The monoisotopic (exact) mass is 289 g/mol. The zero-order valence-corrected chi connectivity index (χ0v) is 11.6. The second-order valence-corrected chi connectivity index (χ2v) is 4.20. The maximum absolute atomic E-state index is 12.2. The summed E-state index contributed by atoms with van der Waals surface area (Å²) < 4.78 is 6.50. The van der Waals surface area contributed by atoms with Gasteiger partial charge in [-0.25, -0.2) is 0 Å². The van der Waals surface area contributed by atoms with Gasteiger partial charge in [0.15, 0.2) is 5.84 Å². The minimum absolute atomic E-state index is 0.135. The number of benzene rings is 1. The largest absolute Gasteiger partial charge is 0.497 e. The lowest BCUT2D eigenvalue weighted by atomic mass is 10.2. The third-order valence-electron chi connectivity index (χ3n) is 2.89. The van der Waals surface area contributed by atoms with Crippen molar-refractivity contribution in [1.29, 1.82) is 0 Å². The summed E-state index contributed by atoms with van der Waals surface area (Å²) in [7, 11) is 3.16. The number of hydrogen-bond donors (Lipinski definition) is 3. The molecule has 1 amide bonds. The highest BCUT2D eigenvalue weighted by Gasteiger charge is 2.16. The first kappa shape index (κ1) is 14.4. The molecule has 0 aliphatic rings. The van der Waals surface area contributed by atoms with Crippen LogP contribution in [0.2, 0.25) is 0 Å². The molecule has 0 saturated heterocycles. The average molecular weight is 289 g/mol. The fraction of sp³-hybridized carbons (Fsp3) is 0.154. The Bertz CT molecular complexity index is 693. The highest BCUT2D eigenvalue weighted by atomic mass is 16.5. The van der Waals surface area contributed by atoms with Crippen LogP contribution in [0.15, 0.2) is 35.6 Å². The van der Waals surface area contributed by atoms with Gasteiger partial charge in [0.25, 0.3) is 5.91 Å². The van der Waals surface area contributed by atoms with Crippen molar-refractivity contribution >= 4 is 17.6 Å². The number of nitrogens with two attached hydrogens (primary N) is 1. The summed E-state index contributed by atoms with van der Waals surface area (Å²) in [5.41, 5.74) is 6.29. The van der Waals surface area contributed by atoms with Gasteiger partial charge in [0.05, 0.1) is 18.9 Å². The van der Waals surface area contributed by atoms with Crippen molar-refractivity contribution in [2.45, 2.75) is 0 Å². The van der Waals surface area contributed by atoms with Gasteiger partial charge in [-0.2, -0.15) is 5.10 Å². The first-order valence-corrected chi connectivity index (χ1v) is 6.02. The number of methoxy groups -OCH3 is 1. The molecule has 0 atom stereocenters. The summed E-state index contributed by atoms with van der Waals surface area (Å²) in [4.78, 5) is 12.2. The minimum atomic E-state index is -0.357. The number of rotatable bonds is 4. The molecule has 0 saturated carbocycles. The van der Waals surface area contributed by atoms with E-state index >= 15 is 0 Å². The molecule has 0 radical (unpaired) electrons. The summed E-state index contributed by atoms with van der Waals surface area (Å²) in [5, 5.41) is 18.3. The predicted octanol–water partition coefficient (Wildman–Crippen LogP) is 0.775. The van der Waals surface area contributed by atoms with Crippen molar-refractivity contribution in [3.8, 4) is 5.75 Å². The summed E-state index contributed by atoms with van der Waals surface area (Å²) >= 11 is 0. The van der Waals surface area contributed by atoms with E-state index in [1.165, 1.54) is 18.0 Å². The topological polar surface area (TPSA) is 115 Å². The van der Waals surface area contributed by atoms with Crippen LogP contribution >= 0.6 is 0 Å². The summed E-state index contributed by atoms with van der Waals surface area (Å²) in [6.45, 7) is 0. The average Bonchev–Trinajstić information content (AvgIpc) is 2.87. The summed E-state index contributed by atoms with van der Waals surface area (Å²) in [6.07, 6.45) is 1.40. The molecule has 8 heteroatoms. The zero-order valence-electron chi connectivity index (χ0n) is 11.6. The van der Waals surface area contributed by atoms with Gasteiger partial charge in [-0.15, -0.1) is 0 Å². The molecule has 0 aliphatic carbocycles. The van der Waals surface area contributed by atoms with Gasteiger partial charge in [-0.1, -0.05) is 11.2 Å². The Morgan fingerprint density at radius 3 is 2.95 bits per heavy atom. The lowest BCUT2D eigenvalue weighted by Gasteiger charge is -2.08. The molecule has 0 aliphatic heterocycles. The Morgan fingerprint density at radius 1 is 1.52 bits per heavy atom. The van der Waals surface area contributed by atoms with Gasteiger partial charge >= 0.3 is 0 Å². The van der Waals surface area contributed by atoms with Crippen molar-refractivity contribution in [1.82, 2.24) is 9.78 Å². The van der Waals surface area contributed by atoms with Crippen LogP contribution in [0, 0.1) is 0 Å². The van der Waals surface area contributed by atoms with Gasteiger partial charge in [0.2, 0.25) is 0 Å². The molecule has 0 bridgehead atoms. The standard InChI is InChI=1S/C13H15N5O3/c1-18-12(10(7-15-18)11(14)17-20)16-13(19)8-4-3-5-9(6-8)21-2/h3-7,20H,1-2H3,(H2,14,17)(H,16,19). The highest BCUT2D eigenvalue weighted by Crippen LogP contribution is 2.17. The van der Waals surface area contributed by atoms with Gasteiger partial charge in [0.1, 0.15) is 11.6 Å². The van der Waals surface area contributed by atoms with Crippen LogP contribution in [-0.2, 0) is 7.05 Å². The van der Waals surface area contributed by atoms with E-state index < -0.39 is 0 Å². The zero-order chi connectivity index (χ0) is 15.4. The molecule has 110 valence electrons. The van der Waals surface area contributed by atoms with E-state index in [0.29, 0.717) is 22.7 Å². The number of ether oxygens (including phenoxy) is 1. The molecule has 0 unspecified atom stereocenters. The van der Waals surface area contributed by atoms with E-state index in [9.17, 15) is 4.79 Å². The molecule has 21 heavy (non-hydrogen) atoms. The number of oxime groups is 1. The normalized spacial score (nSPS) is 11.2. The van der Waals surface area contributed by atoms with Crippen molar-refractivity contribution < 1.29 is 14.7 Å². The Kier molecular flexibility index (Phi) is 4.07. The van der Waals surface area contributed by atoms with Gasteiger partial charge in [0, 0.05) is 12.6 Å². The highest BCUT2D eigenvalue weighted by molar-refractivity contribution is 6.09. The first-order valence-electron chi connectivity index (χ1n) is 6.02. The molecule has 8 nitrogen and oxygen atoms in total. The number of aryl methyl sites for hydroxylation is 1. The Morgan fingerprint density at radius 2 is 2.29 bits per heavy atom. The van der Waals surface area contributed by atoms with Crippen LogP contribution in [0.25, 0.3) is 0 Å². The Labute approximate surface area is 120 Å². The number of carbonyl (C=O) groups is 1. The number of nitrogens with zero attached hydrogens (tertiary/aromatic N) is 3. The van der Waals surface area contributed by atoms with Gasteiger partial charge < -0.3 is 21.0 Å². The summed E-state index contributed by atoms with van der Waals surface area (Å²) in [5.74, 6) is 0.413. The third-order valence-corrected chi connectivity index (χ3v) is 2.89. The maximum atomic E-state index is 12.2. The number of carbonyl (C=O) groups excluding carboxylic acids is 1. The molecule has 0 spiro atoms. The SMILES string of the molecule is COc1cccc(C(=O)Nc2c(C(N)=NO)cnn2C)c1. The van der Waals surface area contributed by atoms with E-state index in [-0.39, 0.29) is 11.7 Å². The van der Waals surface area contributed by atoms with E-state index in [2.05, 4.69) is 15.6 Å². The smallest absolute Gasteiger partial charge is 0.256 e. The minimum Gasteiger partial charge on any atom is -0.497 e. The maximum Gasteiger partial charge on any atom is 0.256 e. The Balaban J connectivity index is 2.29. The number of amidine groups is 1. The predicted molar refractivity (Wildman–Crippen MR) is 76.7 cm³/mol. The van der Waals surface area contributed by atoms with E-state index in [0.717, 1.165) is 0 Å². The molecule has 1 aromatic heterocycles. The van der Waals surface area contributed by atoms with Crippen molar-refractivity contribution in [3.63, 3.8) is 0 Å². The van der Waals surface area contributed by atoms with E-state index in [1.54, 1.807) is 31.3 Å². The fourth-order valence-electron chi connectivity index (χ4n) is 1.77. The van der Waals surface area contributed by atoms with Crippen molar-refractivity contribution in [2.75, 3.05) is 12.4 Å². The molecule has 0 fully saturated rings. The molecule has 1 heterocycles. The lowest BCUT2D eigenvalue weighted by Crippen LogP contribution is -2.20. The number of nitrogens with one attached hydrogen (secondary N) is 1. The number of hydrogen-bond acceptors (Lipinski definition) is 5. The quantitative estimate of drug-likeness (QED) is 0.333. The molecule has 2 rings (SSSR count). The number of amides is 1. The summed E-state index contributed by atoms with van der Waals surface area (Å²) in [6, 6.07) is 6.70. The number of aromatic nitrogens is 2. The van der Waals surface area contributed by atoms with Crippen LogP contribution in [0.5, 0.6) is 5.75 Å². The van der Waals surface area contributed by atoms with Crippen LogP contribution in [-0.4, -0.2) is 33.8 Å². The number of anilines is 1. The van der Waals surface area contributed by atoms with Crippen molar-refractivity contribution in [2.24, 2.45) is 17.9 Å². The van der Waals surface area contributed by atoms with Crippen molar-refractivity contribution in [3.05, 3.63) is 41.6 Å². The van der Waals surface area contributed by atoms with Gasteiger partial charge in [-0.05, 0) is 18.2 Å². The molecule has 1 aromatic carbocycles. The van der Waals surface area contributed by atoms with Crippen LogP contribution in [0.1, 0.15) is 15.9 Å². The molecule has 2 aromatic rings. The second-order valence-electron chi connectivity index (χ2n) is 4.20.